The maximum absolute atomic E-state index is 13.1. The third kappa shape index (κ3) is 5.80. The number of fused-ring (bicyclic) bond motifs is 2. The summed E-state index contributed by atoms with van der Waals surface area (Å²) >= 11 is 0. The van der Waals surface area contributed by atoms with Crippen LogP contribution in [0.1, 0.15) is 35.2 Å². The van der Waals surface area contributed by atoms with Crippen molar-refractivity contribution >= 4 is 17.7 Å². The maximum Gasteiger partial charge on any atom is 0.257 e. The third-order valence-electron chi connectivity index (χ3n) is 8.06. The lowest BCUT2D eigenvalue weighted by molar-refractivity contribution is -0.000622. The number of rotatable bonds is 8. The van der Waals surface area contributed by atoms with E-state index in [4.69, 9.17) is 14.2 Å². The van der Waals surface area contributed by atoms with Crippen LogP contribution in [-0.4, -0.2) is 78.4 Å². The van der Waals surface area contributed by atoms with Gasteiger partial charge >= 0.3 is 0 Å². The number of carbonyl (C=O) groups excluding carboxylic acids is 1. The fourth-order valence-corrected chi connectivity index (χ4v) is 5.97. The molecule has 3 aliphatic rings. The predicted molar refractivity (Wildman–Crippen MR) is 151 cm³/mol. The molecule has 2 N–H and O–H groups in total. The molecular weight excluding hydrogens is 522 g/mol. The quantitative estimate of drug-likeness (QED) is 0.426. The summed E-state index contributed by atoms with van der Waals surface area (Å²) in [5.41, 5.74) is 2.23. The molecule has 3 atom stereocenters. The lowest BCUT2D eigenvalue weighted by Gasteiger charge is -2.52. The molecule has 212 valence electrons. The molecule has 2 bridgehead atoms. The van der Waals surface area contributed by atoms with Crippen LogP contribution in [0.15, 0.2) is 42.6 Å². The Morgan fingerprint density at radius 3 is 2.68 bits per heavy atom. The number of methoxy groups -OCH3 is 1. The molecule has 41 heavy (non-hydrogen) atoms. The number of hydrogen-bond donors (Lipinski definition) is 2. The van der Waals surface area contributed by atoms with Crippen LogP contribution in [0.5, 0.6) is 11.6 Å². The first-order valence-electron chi connectivity index (χ1n) is 13.9. The summed E-state index contributed by atoms with van der Waals surface area (Å²) in [6, 6.07) is 13.1. The minimum atomic E-state index is -0.180. The van der Waals surface area contributed by atoms with Gasteiger partial charge in [-0.15, -0.1) is 0 Å². The molecule has 0 spiro atoms. The van der Waals surface area contributed by atoms with Crippen molar-refractivity contribution in [1.29, 1.82) is 5.26 Å². The second-order valence-corrected chi connectivity index (χ2v) is 10.9. The van der Waals surface area contributed by atoms with E-state index < -0.39 is 0 Å². The zero-order chi connectivity index (χ0) is 28.3. The number of carbonyl (C=O) groups is 1. The van der Waals surface area contributed by atoms with Gasteiger partial charge in [-0.1, -0.05) is 0 Å². The van der Waals surface area contributed by atoms with Gasteiger partial charge in [0.25, 0.3) is 5.91 Å². The molecule has 2 aromatic heterocycles. The molecule has 3 aromatic rings. The van der Waals surface area contributed by atoms with Crippen LogP contribution < -0.4 is 20.1 Å². The summed E-state index contributed by atoms with van der Waals surface area (Å²) in [4.78, 5) is 28.8. The number of likely N-dealkylation sites (tertiary alicyclic amines) is 1. The van der Waals surface area contributed by atoms with Gasteiger partial charge in [-0.05, 0) is 61.7 Å². The zero-order valence-electron chi connectivity index (χ0n) is 23.2. The Hall–Kier alpha value is -4.27. The number of hydrogen-bond acceptors (Lipinski definition) is 10. The molecule has 6 rings (SSSR count). The highest BCUT2D eigenvalue weighted by molar-refractivity contribution is 5.97. The van der Waals surface area contributed by atoms with Crippen molar-refractivity contribution in [3.8, 4) is 29.0 Å². The van der Waals surface area contributed by atoms with Gasteiger partial charge in [0.2, 0.25) is 11.8 Å². The fraction of sp³-hybridized carbons (Fsp3) is 0.433. The second kappa shape index (κ2) is 11.7. The zero-order valence-corrected chi connectivity index (χ0v) is 23.2. The van der Waals surface area contributed by atoms with Crippen LogP contribution in [0.25, 0.3) is 11.3 Å². The molecule has 11 nitrogen and oxygen atoms in total. The van der Waals surface area contributed by atoms with Gasteiger partial charge in [0, 0.05) is 43.7 Å². The van der Waals surface area contributed by atoms with Crippen molar-refractivity contribution in [2.75, 3.05) is 45.8 Å². The number of anilines is 2. The molecule has 1 saturated carbocycles. The topological polar surface area (TPSA) is 135 Å². The summed E-state index contributed by atoms with van der Waals surface area (Å²) in [5, 5.41) is 16.0. The van der Waals surface area contributed by atoms with E-state index >= 15 is 0 Å². The Morgan fingerprint density at radius 2 is 1.93 bits per heavy atom. The van der Waals surface area contributed by atoms with Crippen LogP contribution in [0, 0.1) is 23.2 Å². The highest BCUT2D eigenvalue weighted by Gasteiger charge is 2.46. The molecule has 3 fully saturated rings. The standard InChI is InChI=1S/C30H33N7O4/c1-37-16-20-14-21(17-37)27(20)36-28(38)23-4-6-26(34-29(23)39-2)35-30-32-10-7-24(33-30)18-3-5-25(19(13-18)15-31)41-22-8-11-40-12-9-22/h3-7,10,13,20-22,27H,8-9,11-12,14,16-17H2,1-2H3,(H,36,38)(H,32,33,34,35)/t20-,21?,27?/m1/s1. The predicted octanol–water partition coefficient (Wildman–Crippen LogP) is 3.40. The van der Waals surface area contributed by atoms with Gasteiger partial charge in [0.1, 0.15) is 29.3 Å². The van der Waals surface area contributed by atoms with E-state index in [2.05, 4.69) is 43.6 Å². The van der Waals surface area contributed by atoms with Gasteiger partial charge in [-0.2, -0.15) is 10.2 Å². The number of nitrogens with zero attached hydrogens (tertiary/aromatic N) is 5. The van der Waals surface area contributed by atoms with E-state index in [0.717, 1.165) is 31.5 Å². The third-order valence-corrected chi connectivity index (χ3v) is 8.06. The SMILES string of the molecule is COc1nc(Nc2nccc(-c3ccc(OC4CCOCC4)c(C#N)c3)n2)ccc1C(=O)NC1C2C[C@@H]1CN(C)C2. The monoisotopic (exact) mass is 555 g/mol. The molecule has 2 aliphatic heterocycles. The van der Waals surface area contributed by atoms with Crippen LogP contribution >= 0.6 is 0 Å². The number of pyridine rings is 1. The van der Waals surface area contributed by atoms with E-state index in [9.17, 15) is 10.1 Å². The van der Waals surface area contributed by atoms with Crippen molar-refractivity contribution in [2.45, 2.75) is 31.4 Å². The molecule has 2 unspecified atom stereocenters. The lowest BCUT2D eigenvalue weighted by atomic mass is 9.66. The Labute approximate surface area is 238 Å². The van der Waals surface area contributed by atoms with Crippen LogP contribution in [0.2, 0.25) is 0 Å². The first-order chi connectivity index (χ1) is 20.0. The van der Waals surface area contributed by atoms with Gasteiger partial charge in [0.15, 0.2) is 0 Å². The molecular formula is C30H33N7O4. The number of piperidine rings is 2. The van der Waals surface area contributed by atoms with Gasteiger partial charge < -0.3 is 29.7 Å². The normalized spacial score (nSPS) is 22.2. The second-order valence-electron chi connectivity index (χ2n) is 10.9. The Morgan fingerprint density at radius 1 is 1.12 bits per heavy atom. The van der Waals surface area contributed by atoms with E-state index in [-0.39, 0.29) is 23.9 Å². The largest absolute Gasteiger partial charge is 0.489 e. The van der Waals surface area contributed by atoms with Crippen molar-refractivity contribution in [1.82, 2.24) is 25.2 Å². The number of benzene rings is 1. The van der Waals surface area contributed by atoms with Crippen LogP contribution in [-0.2, 0) is 4.74 Å². The molecule has 0 radical (unpaired) electrons. The summed E-state index contributed by atoms with van der Waals surface area (Å²) in [7, 11) is 3.62. The fourth-order valence-electron chi connectivity index (χ4n) is 5.97. The maximum atomic E-state index is 13.1. The number of nitriles is 1. The minimum absolute atomic E-state index is 0.0402. The lowest BCUT2D eigenvalue weighted by Crippen LogP contribution is -2.63. The van der Waals surface area contributed by atoms with Crippen LogP contribution in [0.4, 0.5) is 11.8 Å². The average molecular weight is 556 g/mol. The molecule has 2 saturated heterocycles. The van der Waals surface area contributed by atoms with Gasteiger partial charge in [-0.3, -0.25) is 4.79 Å². The number of aromatic nitrogens is 3. The van der Waals surface area contributed by atoms with Gasteiger partial charge in [-0.25, -0.2) is 9.97 Å². The summed E-state index contributed by atoms with van der Waals surface area (Å²) in [6.45, 7) is 3.34. The Balaban J connectivity index is 1.14. The van der Waals surface area contributed by atoms with Gasteiger partial charge in [0.05, 0.1) is 31.6 Å². The average Bonchev–Trinajstić information content (AvgIpc) is 3.00. The summed E-state index contributed by atoms with van der Waals surface area (Å²) in [6.07, 6.45) is 4.45. The molecule has 1 amide bonds. The van der Waals surface area contributed by atoms with E-state index in [1.165, 1.54) is 13.5 Å². The first-order valence-corrected chi connectivity index (χ1v) is 13.9. The molecule has 11 heteroatoms. The number of amides is 1. The van der Waals surface area contributed by atoms with E-state index in [0.29, 0.717) is 59.4 Å². The van der Waals surface area contributed by atoms with Crippen molar-refractivity contribution in [2.24, 2.45) is 11.8 Å². The Kier molecular flexibility index (Phi) is 7.67. The summed E-state index contributed by atoms with van der Waals surface area (Å²) < 4.78 is 16.9. The highest BCUT2D eigenvalue weighted by atomic mass is 16.5. The Bertz CT molecular complexity index is 1460. The van der Waals surface area contributed by atoms with Crippen LogP contribution in [0.3, 0.4) is 0 Å². The minimum Gasteiger partial charge on any atom is -0.489 e. The van der Waals surface area contributed by atoms with E-state index in [1.807, 2.05) is 12.1 Å². The van der Waals surface area contributed by atoms with Crippen molar-refractivity contribution < 1.29 is 19.0 Å². The summed E-state index contributed by atoms with van der Waals surface area (Å²) in [5.74, 6) is 2.35. The molecule has 1 aromatic carbocycles. The van der Waals surface area contributed by atoms with E-state index in [1.54, 1.807) is 30.5 Å². The smallest absolute Gasteiger partial charge is 0.257 e. The van der Waals surface area contributed by atoms with Crippen molar-refractivity contribution in [3.63, 3.8) is 0 Å². The number of ether oxygens (including phenoxy) is 3. The molecule has 4 heterocycles. The number of nitrogens with one attached hydrogen (secondary N) is 2. The highest BCUT2D eigenvalue weighted by Crippen LogP contribution is 2.39. The van der Waals surface area contributed by atoms with Crippen molar-refractivity contribution in [3.05, 3.63) is 53.7 Å². The first kappa shape index (κ1) is 26.9. The molecule has 1 aliphatic carbocycles.